The lowest BCUT2D eigenvalue weighted by Crippen LogP contribution is -1.93. The van der Waals surface area contributed by atoms with Crippen LogP contribution in [0.5, 0.6) is 0 Å². The van der Waals surface area contributed by atoms with Gasteiger partial charge in [-0.1, -0.05) is 0 Å². The van der Waals surface area contributed by atoms with Gasteiger partial charge in [-0.3, -0.25) is 0 Å². The molecule has 3 heteroatoms. The molecule has 0 aliphatic rings. The molecule has 1 unspecified atom stereocenters. The van der Waals surface area contributed by atoms with E-state index in [9.17, 15) is 4.79 Å². The minimum Gasteiger partial charge on any atom is -0.469 e. The van der Waals surface area contributed by atoms with Gasteiger partial charge in [-0.05, 0) is 38.1 Å². The SMILES string of the molecule is CC(=O)CCc1ccc(C(C)c2ccco2)o1. The highest BCUT2D eigenvalue weighted by Gasteiger charge is 2.15. The molecular weight excluding hydrogens is 216 g/mol. The van der Waals surface area contributed by atoms with Crippen LogP contribution < -0.4 is 0 Å². The standard InChI is InChI=1S/C14H16O3/c1-10(15)5-6-12-7-8-14(17-12)11(2)13-4-3-9-16-13/h3-4,7-9,11H,5-6H2,1-2H3. The number of carbonyl (C=O) groups excluding carboxylic acids is 1. The summed E-state index contributed by atoms with van der Waals surface area (Å²) in [4.78, 5) is 10.9. The lowest BCUT2D eigenvalue weighted by Gasteiger charge is -2.04. The van der Waals surface area contributed by atoms with E-state index in [-0.39, 0.29) is 11.7 Å². The van der Waals surface area contributed by atoms with Gasteiger partial charge in [-0.2, -0.15) is 0 Å². The van der Waals surface area contributed by atoms with Crippen LogP contribution in [-0.2, 0) is 11.2 Å². The van der Waals surface area contributed by atoms with Crippen LogP contribution in [0.15, 0.2) is 39.4 Å². The fourth-order valence-electron chi connectivity index (χ4n) is 1.74. The van der Waals surface area contributed by atoms with Gasteiger partial charge in [0.1, 0.15) is 23.1 Å². The zero-order valence-electron chi connectivity index (χ0n) is 10.1. The van der Waals surface area contributed by atoms with Crippen molar-refractivity contribution in [3.8, 4) is 0 Å². The largest absolute Gasteiger partial charge is 0.469 e. The predicted octanol–water partition coefficient (Wildman–Crippen LogP) is 3.55. The molecule has 0 saturated heterocycles. The van der Waals surface area contributed by atoms with Crippen molar-refractivity contribution in [1.29, 1.82) is 0 Å². The lowest BCUT2D eigenvalue weighted by molar-refractivity contribution is -0.117. The Hall–Kier alpha value is -1.77. The molecule has 90 valence electrons. The van der Waals surface area contributed by atoms with Crippen molar-refractivity contribution in [2.75, 3.05) is 0 Å². The first kappa shape index (κ1) is 11.7. The van der Waals surface area contributed by atoms with E-state index in [1.54, 1.807) is 13.2 Å². The minimum absolute atomic E-state index is 0.107. The first-order chi connectivity index (χ1) is 8.16. The van der Waals surface area contributed by atoms with Gasteiger partial charge in [0.15, 0.2) is 0 Å². The highest BCUT2D eigenvalue weighted by molar-refractivity contribution is 5.75. The first-order valence-corrected chi connectivity index (χ1v) is 5.78. The Kier molecular flexibility index (Phi) is 3.47. The highest BCUT2D eigenvalue weighted by atomic mass is 16.4. The number of ketones is 1. The molecule has 2 aromatic heterocycles. The Morgan fingerprint density at radius 1 is 1.29 bits per heavy atom. The number of carbonyl (C=O) groups is 1. The first-order valence-electron chi connectivity index (χ1n) is 5.78. The molecule has 0 aliphatic heterocycles. The van der Waals surface area contributed by atoms with Crippen molar-refractivity contribution < 1.29 is 13.6 Å². The molecule has 17 heavy (non-hydrogen) atoms. The molecule has 2 heterocycles. The quantitative estimate of drug-likeness (QED) is 0.791. The average molecular weight is 232 g/mol. The van der Waals surface area contributed by atoms with Crippen molar-refractivity contribution in [3.05, 3.63) is 47.8 Å². The number of hydrogen-bond acceptors (Lipinski definition) is 3. The van der Waals surface area contributed by atoms with Gasteiger partial charge in [0, 0.05) is 12.8 Å². The summed E-state index contributed by atoms with van der Waals surface area (Å²) in [5.41, 5.74) is 0. The molecule has 0 N–H and O–H groups in total. The van der Waals surface area contributed by atoms with Crippen molar-refractivity contribution in [1.82, 2.24) is 0 Å². The summed E-state index contributed by atoms with van der Waals surface area (Å²) in [6.45, 7) is 3.63. The fourth-order valence-corrected chi connectivity index (χ4v) is 1.74. The summed E-state index contributed by atoms with van der Waals surface area (Å²) < 4.78 is 11.1. The lowest BCUT2D eigenvalue weighted by atomic mass is 10.1. The average Bonchev–Trinajstić information content (AvgIpc) is 2.97. The van der Waals surface area contributed by atoms with Gasteiger partial charge in [0.2, 0.25) is 0 Å². The summed E-state index contributed by atoms with van der Waals surface area (Å²) in [6.07, 6.45) is 2.85. The van der Waals surface area contributed by atoms with Crippen LogP contribution in [0, 0.1) is 0 Å². The molecule has 2 rings (SSSR count). The monoisotopic (exact) mass is 232 g/mol. The van der Waals surface area contributed by atoms with E-state index in [1.165, 1.54) is 0 Å². The predicted molar refractivity (Wildman–Crippen MR) is 63.9 cm³/mol. The van der Waals surface area contributed by atoms with Crippen molar-refractivity contribution in [3.63, 3.8) is 0 Å². The molecule has 0 fully saturated rings. The van der Waals surface area contributed by atoms with Crippen LogP contribution in [0.3, 0.4) is 0 Å². The van der Waals surface area contributed by atoms with Crippen LogP contribution >= 0.6 is 0 Å². The molecular formula is C14H16O3. The topological polar surface area (TPSA) is 43.4 Å². The summed E-state index contributed by atoms with van der Waals surface area (Å²) >= 11 is 0. The second-order valence-electron chi connectivity index (χ2n) is 4.24. The summed E-state index contributed by atoms with van der Waals surface area (Å²) in [6, 6.07) is 7.67. The second-order valence-corrected chi connectivity index (χ2v) is 4.24. The van der Waals surface area contributed by atoms with E-state index in [4.69, 9.17) is 8.83 Å². The third kappa shape index (κ3) is 2.87. The minimum atomic E-state index is 0.107. The Morgan fingerprint density at radius 2 is 2.12 bits per heavy atom. The van der Waals surface area contributed by atoms with Gasteiger partial charge in [0.25, 0.3) is 0 Å². The molecule has 0 spiro atoms. The van der Waals surface area contributed by atoms with E-state index in [1.807, 2.05) is 31.2 Å². The molecule has 3 nitrogen and oxygen atoms in total. The maximum absolute atomic E-state index is 10.9. The van der Waals surface area contributed by atoms with Crippen molar-refractivity contribution in [2.45, 2.75) is 32.6 Å². The summed E-state index contributed by atoms with van der Waals surface area (Å²) in [5.74, 6) is 2.91. The molecule has 0 bridgehead atoms. The van der Waals surface area contributed by atoms with Crippen LogP contribution in [0.1, 0.15) is 43.5 Å². The van der Waals surface area contributed by atoms with Crippen LogP contribution in [0.4, 0.5) is 0 Å². The van der Waals surface area contributed by atoms with Crippen LogP contribution in [0.2, 0.25) is 0 Å². The molecule has 0 saturated carbocycles. The Bertz CT molecular complexity index is 479. The van der Waals surface area contributed by atoms with Gasteiger partial charge in [-0.25, -0.2) is 0 Å². The number of furan rings is 2. The molecule has 0 radical (unpaired) electrons. The van der Waals surface area contributed by atoms with E-state index in [2.05, 4.69) is 0 Å². The van der Waals surface area contributed by atoms with E-state index in [0.717, 1.165) is 17.3 Å². The van der Waals surface area contributed by atoms with Gasteiger partial charge in [-0.15, -0.1) is 0 Å². The fraction of sp³-hybridized carbons (Fsp3) is 0.357. The van der Waals surface area contributed by atoms with E-state index < -0.39 is 0 Å². The van der Waals surface area contributed by atoms with Crippen molar-refractivity contribution >= 4 is 5.78 Å². The van der Waals surface area contributed by atoms with Crippen molar-refractivity contribution in [2.24, 2.45) is 0 Å². The molecule has 0 amide bonds. The summed E-state index contributed by atoms with van der Waals surface area (Å²) in [7, 11) is 0. The zero-order chi connectivity index (χ0) is 12.3. The smallest absolute Gasteiger partial charge is 0.130 e. The molecule has 2 aromatic rings. The third-order valence-corrected chi connectivity index (χ3v) is 2.80. The van der Waals surface area contributed by atoms with Crippen LogP contribution in [0.25, 0.3) is 0 Å². The number of hydrogen-bond donors (Lipinski definition) is 0. The number of aryl methyl sites for hydroxylation is 1. The second kappa shape index (κ2) is 5.04. The normalized spacial score (nSPS) is 12.6. The number of Topliss-reactive ketones (excluding diaryl/α,β-unsaturated/α-hetero) is 1. The van der Waals surface area contributed by atoms with Crippen LogP contribution in [-0.4, -0.2) is 5.78 Å². The third-order valence-electron chi connectivity index (χ3n) is 2.80. The zero-order valence-corrected chi connectivity index (χ0v) is 10.1. The summed E-state index contributed by atoms with van der Waals surface area (Å²) in [5, 5.41) is 0. The maximum Gasteiger partial charge on any atom is 0.130 e. The van der Waals surface area contributed by atoms with E-state index >= 15 is 0 Å². The van der Waals surface area contributed by atoms with E-state index in [0.29, 0.717) is 12.8 Å². The molecule has 0 aliphatic carbocycles. The molecule has 1 atom stereocenters. The number of rotatable bonds is 5. The Labute approximate surface area is 100 Å². The van der Waals surface area contributed by atoms with Gasteiger partial charge >= 0.3 is 0 Å². The highest BCUT2D eigenvalue weighted by Crippen LogP contribution is 2.26. The molecule has 0 aromatic carbocycles. The Morgan fingerprint density at radius 3 is 2.76 bits per heavy atom. The van der Waals surface area contributed by atoms with Gasteiger partial charge in [0.05, 0.1) is 12.2 Å². The van der Waals surface area contributed by atoms with Gasteiger partial charge < -0.3 is 13.6 Å². The Balaban J connectivity index is 2.05. The maximum atomic E-state index is 10.9.